The lowest BCUT2D eigenvalue weighted by molar-refractivity contribution is -0.126. The van der Waals surface area contributed by atoms with Crippen molar-refractivity contribution in [3.63, 3.8) is 0 Å². The fraction of sp³-hybridized carbons (Fsp3) is 0.818. The zero-order valence-corrected chi connectivity index (χ0v) is 10.3. The predicted molar refractivity (Wildman–Crippen MR) is 64.1 cm³/mol. The molecule has 94 valence electrons. The quantitative estimate of drug-likeness (QED) is 0.488. The maximum absolute atomic E-state index is 11.2. The van der Waals surface area contributed by atoms with Gasteiger partial charge in [0.15, 0.2) is 0 Å². The first-order valence-electron chi connectivity index (χ1n) is 5.94. The minimum atomic E-state index is -0.136. The standard InChI is InChI=1S/C11H23N3O2/c1-3-5-10(15)14-9-11(16)13-8-7-12-6-4-2/h12H,3-9H2,1-2H3,(H,13,16)(H,14,15). The molecule has 0 aromatic carbocycles. The summed E-state index contributed by atoms with van der Waals surface area (Å²) in [5.74, 6) is -0.204. The van der Waals surface area contributed by atoms with Gasteiger partial charge in [-0.2, -0.15) is 0 Å². The second kappa shape index (κ2) is 10.4. The van der Waals surface area contributed by atoms with Crippen molar-refractivity contribution in [2.75, 3.05) is 26.2 Å². The van der Waals surface area contributed by atoms with Crippen LogP contribution in [0.4, 0.5) is 0 Å². The third kappa shape index (κ3) is 9.45. The zero-order chi connectivity index (χ0) is 12.2. The summed E-state index contributed by atoms with van der Waals surface area (Å²) in [7, 11) is 0. The normalized spacial score (nSPS) is 9.88. The molecule has 5 nitrogen and oxygen atoms in total. The minimum absolute atomic E-state index is 0.0678. The SMILES string of the molecule is CCCNCCNC(=O)CNC(=O)CCC. The van der Waals surface area contributed by atoms with E-state index in [4.69, 9.17) is 0 Å². The molecule has 0 saturated heterocycles. The monoisotopic (exact) mass is 229 g/mol. The molecule has 0 fully saturated rings. The van der Waals surface area contributed by atoms with Crippen molar-refractivity contribution < 1.29 is 9.59 Å². The highest BCUT2D eigenvalue weighted by Gasteiger charge is 2.03. The van der Waals surface area contributed by atoms with E-state index < -0.39 is 0 Å². The number of rotatable bonds is 9. The molecule has 0 bridgehead atoms. The van der Waals surface area contributed by atoms with E-state index in [1.807, 2.05) is 6.92 Å². The molecule has 0 aliphatic carbocycles. The summed E-state index contributed by atoms with van der Waals surface area (Å²) in [5, 5.41) is 8.46. The van der Waals surface area contributed by atoms with Crippen molar-refractivity contribution in [1.82, 2.24) is 16.0 Å². The molecule has 0 aromatic heterocycles. The number of carbonyl (C=O) groups excluding carboxylic acids is 2. The molecule has 2 amide bonds. The Morgan fingerprint density at radius 2 is 1.62 bits per heavy atom. The Kier molecular flexibility index (Phi) is 9.70. The van der Waals surface area contributed by atoms with Gasteiger partial charge in [-0.3, -0.25) is 9.59 Å². The Bertz CT molecular complexity index is 207. The smallest absolute Gasteiger partial charge is 0.239 e. The maximum atomic E-state index is 11.2. The van der Waals surface area contributed by atoms with E-state index in [0.717, 1.165) is 25.9 Å². The van der Waals surface area contributed by atoms with Crippen molar-refractivity contribution in [2.45, 2.75) is 33.1 Å². The topological polar surface area (TPSA) is 70.2 Å². The van der Waals surface area contributed by atoms with Crippen LogP contribution < -0.4 is 16.0 Å². The third-order valence-corrected chi connectivity index (χ3v) is 1.97. The lowest BCUT2D eigenvalue weighted by Gasteiger charge is -2.07. The fourth-order valence-electron chi connectivity index (χ4n) is 1.15. The van der Waals surface area contributed by atoms with Crippen LogP contribution in [0.2, 0.25) is 0 Å². The molecular formula is C11H23N3O2. The zero-order valence-electron chi connectivity index (χ0n) is 10.3. The molecule has 0 unspecified atom stereocenters. The molecule has 0 radical (unpaired) electrons. The van der Waals surface area contributed by atoms with E-state index in [1.165, 1.54) is 0 Å². The molecule has 0 aliphatic rings. The molecule has 0 aliphatic heterocycles. The average Bonchev–Trinajstić information content (AvgIpc) is 2.26. The molecule has 0 aromatic rings. The Labute approximate surface area is 97.4 Å². The van der Waals surface area contributed by atoms with Gasteiger partial charge in [0.05, 0.1) is 6.54 Å². The second-order valence-electron chi connectivity index (χ2n) is 3.63. The first kappa shape index (κ1) is 14.9. The van der Waals surface area contributed by atoms with E-state index in [9.17, 15) is 9.59 Å². The Hall–Kier alpha value is -1.10. The predicted octanol–water partition coefficient (Wildman–Crippen LogP) is 0.0185. The number of hydrogen-bond acceptors (Lipinski definition) is 3. The van der Waals surface area contributed by atoms with Crippen LogP contribution in [0.1, 0.15) is 33.1 Å². The summed E-state index contributed by atoms with van der Waals surface area (Å²) in [5.41, 5.74) is 0. The van der Waals surface area contributed by atoms with Crippen molar-refractivity contribution >= 4 is 11.8 Å². The molecule has 0 saturated carbocycles. The van der Waals surface area contributed by atoms with Gasteiger partial charge < -0.3 is 16.0 Å². The van der Waals surface area contributed by atoms with Crippen LogP contribution in [0.25, 0.3) is 0 Å². The Morgan fingerprint density at radius 1 is 0.875 bits per heavy atom. The van der Waals surface area contributed by atoms with Gasteiger partial charge in [-0.1, -0.05) is 13.8 Å². The van der Waals surface area contributed by atoms with E-state index in [0.29, 0.717) is 13.0 Å². The van der Waals surface area contributed by atoms with E-state index in [1.54, 1.807) is 0 Å². The summed E-state index contributed by atoms with van der Waals surface area (Å²) < 4.78 is 0. The van der Waals surface area contributed by atoms with Crippen molar-refractivity contribution in [3.8, 4) is 0 Å². The lowest BCUT2D eigenvalue weighted by atomic mass is 10.3. The molecular weight excluding hydrogens is 206 g/mol. The highest BCUT2D eigenvalue weighted by molar-refractivity contribution is 5.84. The van der Waals surface area contributed by atoms with Gasteiger partial charge in [-0.05, 0) is 19.4 Å². The van der Waals surface area contributed by atoms with Crippen molar-refractivity contribution in [2.24, 2.45) is 0 Å². The number of nitrogens with one attached hydrogen (secondary N) is 3. The summed E-state index contributed by atoms with van der Waals surface area (Å²) in [6, 6.07) is 0. The molecule has 5 heteroatoms. The molecule has 0 rings (SSSR count). The van der Waals surface area contributed by atoms with E-state index in [2.05, 4.69) is 22.9 Å². The number of carbonyl (C=O) groups is 2. The molecule has 16 heavy (non-hydrogen) atoms. The van der Waals surface area contributed by atoms with E-state index in [-0.39, 0.29) is 18.4 Å². The van der Waals surface area contributed by atoms with Crippen LogP contribution in [0.15, 0.2) is 0 Å². The van der Waals surface area contributed by atoms with Gasteiger partial charge in [-0.25, -0.2) is 0 Å². The molecule has 3 N–H and O–H groups in total. The minimum Gasteiger partial charge on any atom is -0.353 e. The van der Waals surface area contributed by atoms with Crippen LogP contribution in [0, 0.1) is 0 Å². The average molecular weight is 229 g/mol. The summed E-state index contributed by atoms with van der Waals surface area (Å²) in [6.45, 7) is 6.43. The highest BCUT2D eigenvalue weighted by atomic mass is 16.2. The van der Waals surface area contributed by atoms with Crippen LogP contribution >= 0.6 is 0 Å². The van der Waals surface area contributed by atoms with Gasteiger partial charge in [0.25, 0.3) is 0 Å². The third-order valence-electron chi connectivity index (χ3n) is 1.97. The molecule has 0 heterocycles. The second-order valence-corrected chi connectivity index (χ2v) is 3.63. The van der Waals surface area contributed by atoms with Crippen LogP contribution in [-0.2, 0) is 9.59 Å². The number of hydrogen-bond donors (Lipinski definition) is 3. The maximum Gasteiger partial charge on any atom is 0.239 e. The van der Waals surface area contributed by atoms with Crippen molar-refractivity contribution in [1.29, 1.82) is 0 Å². The van der Waals surface area contributed by atoms with Crippen LogP contribution in [0.5, 0.6) is 0 Å². The van der Waals surface area contributed by atoms with E-state index >= 15 is 0 Å². The Balaban J connectivity index is 3.34. The summed E-state index contributed by atoms with van der Waals surface area (Å²) in [4.78, 5) is 22.3. The number of amides is 2. The van der Waals surface area contributed by atoms with Gasteiger partial charge in [0.1, 0.15) is 0 Å². The van der Waals surface area contributed by atoms with Gasteiger partial charge in [0, 0.05) is 19.5 Å². The van der Waals surface area contributed by atoms with Crippen molar-refractivity contribution in [3.05, 3.63) is 0 Å². The van der Waals surface area contributed by atoms with Crippen LogP contribution in [-0.4, -0.2) is 38.0 Å². The summed E-state index contributed by atoms with van der Waals surface area (Å²) >= 11 is 0. The first-order chi connectivity index (χ1) is 7.70. The van der Waals surface area contributed by atoms with Gasteiger partial charge >= 0.3 is 0 Å². The summed E-state index contributed by atoms with van der Waals surface area (Å²) in [6.07, 6.45) is 2.36. The molecule has 0 atom stereocenters. The first-order valence-corrected chi connectivity index (χ1v) is 5.94. The molecule has 0 spiro atoms. The highest BCUT2D eigenvalue weighted by Crippen LogP contribution is 1.84. The largest absolute Gasteiger partial charge is 0.353 e. The Morgan fingerprint density at radius 3 is 2.25 bits per heavy atom. The van der Waals surface area contributed by atoms with Gasteiger partial charge in [0.2, 0.25) is 11.8 Å². The lowest BCUT2D eigenvalue weighted by Crippen LogP contribution is -2.39. The van der Waals surface area contributed by atoms with Gasteiger partial charge in [-0.15, -0.1) is 0 Å². The van der Waals surface area contributed by atoms with Crippen LogP contribution in [0.3, 0.4) is 0 Å². The fourth-order valence-corrected chi connectivity index (χ4v) is 1.15.